The summed E-state index contributed by atoms with van der Waals surface area (Å²) in [4.78, 5) is 16.3. The number of imidazole rings is 1. The minimum absolute atomic E-state index is 0.232. The first-order valence-corrected chi connectivity index (χ1v) is 7.39. The van der Waals surface area contributed by atoms with Crippen molar-refractivity contribution >= 4 is 28.0 Å². The molecule has 0 aliphatic carbocycles. The van der Waals surface area contributed by atoms with Crippen LogP contribution in [-0.2, 0) is 6.54 Å². The van der Waals surface area contributed by atoms with E-state index in [2.05, 4.69) is 15.2 Å². The Morgan fingerprint density at radius 2 is 2.09 bits per heavy atom. The number of nitrogens with zero attached hydrogens (tertiary/aromatic N) is 3. The zero-order valence-corrected chi connectivity index (χ0v) is 12.7. The lowest BCUT2D eigenvalue weighted by Gasteiger charge is -2.06. The van der Waals surface area contributed by atoms with Crippen LogP contribution in [0.1, 0.15) is 5.69 Å². The maximum atomic E-state index is 11.9. The van der Waals surface area contributed by atoms with Crippen LogP contribution in [0.15, 0.2) is 47.5 Å². The number of halogens is 1. The number of hydrogen-bond donors (Lipinski definition) is 2. The number of fused-ring (bicyclic) bond motifs is 2. The molecule has 6 nitrogen and oxygen atoms in total. The first-order valence-electron chi connectivity index (χ1n) is 7.02. The third-order valence-corrected chi connectivity index (χ3v) is 4.05. The summed E-state index contributed by atoms with van der Waals surface area (Å²) in [7, 11) is 0. The van der Waals surface area contributed by atoms with E-state index >= 15 is 0 Å². The molecule has 0 unspecified atom stereocenters. The van der Waals surface area contributed by atoms with Crippen LogP contribution < -0.4 is 11.3 Å². The number of aromatic nitrogens is 4. The van der Waals surface area contributed by atoms with Crippen molar-refractivity contribution in [3.05, 3.63) is 63.8 Å². The van der Waals surface area contributed by atoms with Crippen molar-refractivity contribution in [1.82, 2.24) is 19.6 Å². The van der Waals surface area contributed by atoms with Gasteiger partial charge in [0.25, 0.3) is 5.56 Å². The number of rotatable bonds is 2. The molecule has 4 rings (SSSR count). The van der Waals surface area contributed by atoms with Gasteiger partial charge in [0.05, 0.1) is 28.0 Å². The molecule has 0 aliphatic heterocycles. The molecule has 0 atom stereocenters. The number of nitrogens with one attached hydrogen (secondary N) is 1. The molecule has 7 heteroatoms. The van der Waals surface area contributed by atoms with Gasteiger partial charge in [-0.25, -0.2) is 10.1 Å². The van der Waals surface area contributed by atoms with E-state index in [1.807, 2.05) is 28.8 Å². The molecule has 3 aromatic heterocycles. The summed E-state index contributed by atoms with van der Waals surface area (Å²) in [6.07, 6.45) is 3.58. The standard InChI is InChI=1S/C16H12ClN5O/c17-10-2-4-15-19-7-14(22(15)8-10)9-1-3-11-12(5-9)13(6-18)20-21-16(11)23/h1-5,7-8H,6,18H2,(H,21,23). The Morgan fingerprint density at radius 1 is 1.22 bits per heavy atom. The Kier molecular flexibility index (Phi) is 3.14. The van der Waals surface area contributed by atoms with E-state index in [0.29, 0.717) is 16.1 Å². The normalized spacial score (nSPS) is 11.4. The molecule has 114 valence electrons. The molecule has 1 aromatic carbocycles. The van der Waals surface area contributed by atoms with Crippen LogP contribution >= 0.6 is 11.6 Å². The fourth-order valence-electron chi connectivity index (χ4n) is 2.70. The van der Waals surface area contributed by atoms with Crippen molar-refractivity contribution in [3.63, 3.8) is 0 Å². The summed E-state index contributed by atoms with van der Waals surface area (Å²) < 4.78 is 1.91. The van der Waals surface area contributed by atoms with Crippen LogP contribution in [0.25, 0.3) is 27.7 Å². The van der Waals surface area contributed by atoms with Gasteiger partial charge < -0.3 is 5.73 Å². The maximum Gasteiger partial charge on any atom is 0.272 e. The van der Waals surface area contributed by atoms with Crippen molar-refractivity contribution < 1.29 is 0 Å². The largest absolute Gasteiger partial charge is 0.325 e. The van der Waals surface area contributed by atoms with Crippen LogP contribution in [0.4, 0.5) is 0 Å². The number of hydrogen-bond acceptors (Lipinski definition) is 4. The molecule has 3 N–H and O–H groups in total. The highest BCUT2D eigenvalue weighted by Gasteiger charge is 2.10. The highest BCUT2D eigenvalue weighted by Crippen LogP contribution is 2.26. The van der Waals surface area contributed by atoms with Crippen molar-refractivity contribution in [3.8, 4) is 11.3 Å². The molecule has 0 spiro atoms. The van der Waals surface area contributed by atoms with Crippen LogP contribution in [0.3, 0.4) is 0 Å². The van der Waals surface area contributed by atoms with Gasteiger partial charge in [-0.3, -0.25) is 9.20 Å². The van der Waals surface area contributed by atoms with E-state index in [4.69, 9.17) is 17.3 Å². The molecule has 0 fully saturated rings. The topological polar surface area (TPSA) is 89.1 Å². The number of pyridine rings is 1. The van der Waals surface area contributed by atoms with Crippen molar-refractivity contribution in [2.75, 3.05) is 0 Å². The highest BCUT2D eigenvalue weighted by molar-refractivity contribution is 6.30. The molecule has 0 amide bonds. The van der Waals surface area contributed by atoms with Gasteiger partial charge in [-0.2, -0.15) is 5.10 Å². The molecule has 4 aromatic rings. The lowest BCUT2D eigenvalue weighted by molar-refractivity contribution is 0.900. The van der Waals surface area contributed by atoms with Gasteiger partial charge in [-0.1, -0.05) is 17.7 Å². The second kappa shape index (κ2) is 5.19. The Bertz CT molecular complexity index is 1100. The van der Waals surface area contributed by atoms with E-state index in [1.54, 1.807) is 18.3 Å². The Balaban J connectivity index is 2.01. The SMILES string of the molecule is NCc1n[nH]c(=O)c2ccc(-c3cnc4ccc(Cl)cn34)cc12. The molecule has 0 radical (unpaired) electrons. The lowest BCUT2D eigenvalue weighted by atomic mass is 10.1. The fourth-order valence-corrected chi connectivity index (χ4v) is 2.86. The van der Waals surface area contributed by atoms with Crippen LogP contribution in [0, 0.1) is 0 Å². The summed E-state index contributed by atoms with van der Waals surface area (Å²) in [6.45, 7) is 0.246. The predicted octanol–water partition coefficient (Wildman–Crippen LogP) is 2.35. The monoisotopic (exact) mass is 325 g/mol. The van der Waals surface area contributed by atoms with Gasteiger partial charge in [0, 0.05) is 23.7 Å². The molecule has 0 saturated carbocycles. The average Bonchev–Trinajstić information content (AvgIpc) is 2.98. The van der Waals surface area contributed by atoms with Crippen LogP contribution in [-0.4, -0.2) is 19.6 Å². The predicted molar refractivity (Wildman–Crippen MR) is 89.5 cm³/mol. The zero-order chi connectivity index (χ0) is 16.0. The van der Waals surface area contributed by atoms with Gasteiger partial charge in [0.1, 0.15) is 5.65 Å². The van der Waals surface area contributed by atoms with E-state index in [0.717, 1.165) is 22.3 Å². The quantitative estimate of drug-likeness (QED) is 0.592. The van der Waals surface area contributed by atoms with E-state index < -0.39 is 0 Å². The van der Waals surface area contributed by atoms with E-state index in [1.165, 1.54) is 0 Å². The second-order valence-corrected chi connectivity index (χ2v) is 5.62. The third kappa shape index (κ3) is 2.19. The van der Waals surface area contributed by atoms with Gasteiger partial charge in [0.2, 0.25) is 0 Å². The first-order chi connectivity index (χ1) is 11.2. The maximum absolute atomic E-state index is 11.9. The third-order valence-electron chi connectivity index (χ3n) is 3.83. The molecule has 23 heavy (non-hydrogen) atoms. The Morgan fingerprint density at radius 3 is 2.91 bits per heavy atom. The first kappa shape index (κ1) is 13.9. The summed E-state index contributed by atoms with van der Waals surface area (Å²) in [5.41, 5.74) is 8.73. The van der Waals surface area contributed by atoms with Crippen molar-refractivity contribution in [2.24, 2.45) is 5.73 Å². The smallest absolute Gasteiger partial charge is 0.272 e. The molecule has 0 saturated heterocycles. The van der Waals surface area contributed by atoms with E-state index in [9.17, 15) is 4.79 Å². The highest BCUT2D eigenvalue weighted by atomic mass is 35.5. The minimum atomic E-state index is -0.232. The average molecular weight is 326 g/mol. The Hall–Kier alpha value is -2.70. The molecule has 3 heterocycles. The number of nitrogens with two attached hydrogens (primary N) is 1. The Labute approximate surface area is 135 Å². The number of benzene rings is 1. The van der Waals surface area contributed by atoms with Gasteiger partial charge in [-0.05, 0) is 24.3 Å². The molecule has 0 bridgehead atoms. The van der Waals surface area contributed by atoms with Crippen LogP contribution in [0.5, 0.6) is 0 Å². The van der Waals surface area contributed by atoms with Crippen LogP contribution in [0.2, 0.25) is 5.02 Å². The summed E-state index contributed by atoms with van der Waals surface area (Å²) >= 11 is 6.08. The zero-order valence-electron chi connectivity index (χ0n) is 12.0. The van der Waals surface area contributed by atoms with Crippen molar-refractivity contribution in [1.29, 1.82) is 0 Å². The molecular weight excluding hydrogens is 314 g/mol. The molecular formula is C16H12ClN5O. The fraction of sp³-hybridized carbons (Fsp3) is 0.0625. The lowest BCUT2D eigenvalue weighted by Crippen LogP contribution is -2.13. The molecule has 0 aliphatic rings. The van der Waals surface area contributed by atoms with Crippen molar-refractivity contribution in [2.45, 2.75) is 6.54 Å². The number of aromatic amines is 1. The second-order valence-electron chi connectivity index (χ2n) is 5.18. The van der Waals surface area contributed by atoms with E-state index in [-0.39, 0.29) is 12.1 Å². The summed E-state index contributed by atoms with van der Waals surface area (Å²) in [5, 5.41) is 8.41. The summed E-state index contributed by atoms with van der Waals surface area (Å²) in [6, 6.07) is 9.20. The van der Waals surface area contributed by atoms with Gasteiger partial charge >= 0.3 is 0 Å². The summed E-state index contributed by atoms with van der Waals surface area (Å²) in [5.74, 6) is 0. The van der Waals surface area contributed by atoms with Gasteiger partial charge in [-0.15, -0.1) is 0 Å². The number of H-pyrrole nitrogens is 1. The minimum Gasteiger partial charge on any atom is -0.325 e. The van der Waals surface area contributed by atoms with Gasteiger partial charge in [0.15, 0.2) is 0 Å².